The highest BCUT2D eigenvalue weighted by molar-refractivity contribution is 8.00. The van der Waals surface area contributed by atoms with Gasteiger partial charge < -0.3 is 10.1 Å². The molecule has 0 aromatic carbocycles. The molecule has 0 aromatic heterocycles. The average molecular weight is 229 g/mol. The molecule has 1 heterocycles. The number of thioether (sulfide) groups is 1. The molecule has 15 heavy (non-hydrogen) atoms. The molecule has 2 nitrogen and oxygen atoms in total. The molecular formula is C12H23NOS. The van der Waals surface area contributed by atoms with E-state index in [0.717, 1.165) is 17.9 Å². The molecule has 2 rings (SSSR count). The molecule has 3 heteroatoms. The summed E-state index contributed by atoms with van der Waals surface area (Å²) in [4.78, 5) is 0. The second kappa shape index (κ2) is 5.07. The molecule has 0 aromatic rings. The molecule has 0 bridgehead atoms. The van der Waals surface area contributed by atoms with Gasteiger partial charge in [-0.2, -0.15) is 11.8 Å². The van der Waals surface area contributed by atoms with E-state index in [-0.39, 0.29) is 0 Å². The van der Waals surface area contributed by atoms with Crippen molar-refractivity contribution < 1.29 is 4.74 Å². The van der Waals surface area contributed by atoms with Gasteiger partial charge in [0.2, 0.25) is 0 Å². The van der Waals surface area contributed by atoms with Gasteiger partial charge >= 0.3 is 0 Å². The van der Waals surface area contributed by atoms with Crippen LogP contribution in [-0.4, -0.2) is 37.3 Å². The average Bonchev–Trinajstić information content (AvgIpc) is 2.90. The Kier molecular flexibility index (Phi) is 3.97. The lowest BCUT2D eigenvalue weighted by molar-refractivity contribution is 0.170. The van der Waals surface area contributed by atoms with Crippen molar-refractivity contribution >= 4 is 11.8 Å². The standard InChI is InChI=1S/C12H23NOS/c1-10-11(3-8-15-10)13-9-12(4-5-12)6-7-14-2/h10-11,13H,3-9H2,1-2H3. The van der Waals surface area contributed by atoms with Crippen LogP contribution in [-0.2, 0) is 4.74 Å². The summed E-state index contributed by atoms with van der Waals surface area (Å²) in [7, 11) is 1.80. The van der Waals surface area contributed by atoms with Crippen LogP contribution in [0.2, 0.25) is 0 Å². The number of ether oxygens (including phenoxy) is 1. The van der Waals surface area contributed by atoms with E-state index >= 15 is 0 Å². The Bertz CT molecular complexity index is 206. The predicted molar refractivity (Wildman–Crippen MR) is 66.5 cm³/mol. The largest absolute Gasteiger partial charge is 0.385 e. The summed E-state index contributed by atoms with van der Waals surface area (Å²) < 4.78 is 5.18. The molecule has 0 amide bonds. The van der Waals surface area contributed by atoms with Gasteiger partial charge in [-0.05, 0) is 36.9 Å². The minimum atomic E-state index is 0.600. The Morgan fingerprint density at radius 2 is 2.27 bits per heavy atom. The maximum absolute atomic E-state index is 5.18. The van der Waals surface area contributed by atoms with Crippen LogP contribution in [0.25, 0.3) is 0 Å². The van der Waals surface area contributed by atoms with Crippen LogP contribution in [0.3, 0.4) is 0 Å². The zero-order valence-electron chi connectivity index (χ0n) is 9.92. The smallest absolute Gasteiger partial charge is 0.0468 e. The highest BCUT2D eigenvalue weighted by Gasteiger charge is 2.42. The zero-order valence-corrected chi connectivity index (χ0v) is 10.7. The summed E-state index contributed by atoms with van der Waals surface area (Å²) in [6, 6.07) is 0.759. The first-order valence-corrected chi connectivity index (χ1v) is 7.15. The Morgan fingerprint density at radius 3 is 2.80 bits per heavy atom. The van der Waals surface area contributed by atoms with Crippen molar-refractivity contribution in [2.45, 2.75) is 43.9 Å². The maximum Gasteiger partial charge on any atom is 0.0468 e. The van der Waals surface area contributed by atoms with Gasteiger partial charge in [0.25, 0.3) is 0 Å². The summed E-state index contributed by atoms with van der Waals surface area (Å²) >= 11 is 2.11. The van der Waals surface area contributed by atoms with Crippen molar-refractivity contribution in [3.8, 4) is 0 Å². The molecule has 0 radical (unpaired) electrons. The van der Waals surface area contributed by atoms with E-state index in [1.165, 1.54) is 38.0 Å². The normalized spacial score (nSPS) is 33.2. The van der Waals surface area contributed by atoms with Crippen molar-refractivity contribution in [3.63, 3.8) is 0 Å². The molecule has 0 spiro atoms. The third-order valence-electron chi connectivity index (χ3n) is 3.91. The Morgan fingerprint density at radius 1 is 1.47 bits per heavy atom. The van der Waals surface area contributed by atoms with E-state index in [4.69, 9.17) is 4.74 Å². The molecule has 1 aliphatic heterocycles. The molecule has 1 saturated carbocycles. The quantitative estimate of drug-likeness (QED) is 0.755. The van der Waals surface area contributed by atoms with E-state index in [2.05, 4.69) is 24.0 Å². The molecule has 1 N–H and O–H groups in total. The Labute approximate surface area is 97.5 Å². The van der Waals surface area contributed by atoms with Crippen LogP contribution in [0.5, 0.6) is 0 Å². The van der Waals surface area contributed by atoms with Gasteiger partial charge in [-0.1, -0.05) is 6.92 Å². The van der Waals surface area contributed by atoms with Crippen molar-refractivity contribution in [3.05, 3.63) is 0 Å². The Balaban J connectivity index is 1.68. The van der Waals surface area contributed by atoms with Crippen LogP contribution in [0.4, 0.5) is 0 Å². The monoisotopic (exact) mass is 229 g/mol. The predicted octanol–water partition coefficient (Wildman–Crippen LogP) is 2.29. The highest BCUT2D eigenvalue weighted by atomic mass is 32.2. The minimum Gasteiger partial charge on any atom is -0.385 e. The SMILES string of the molecule is COCCC1(CNC2CCSC2C)CC1. The van der Waals surface area contributed by atoms with E-state index < -0.39 is 0 Å². The fourth-order valence-corrected chi connectivity index (χ4v) is 3.58. The van der Waals surface area contributed by atoms with Gasteiger partial charge in [0.05, 0.1) is 0 Å². The summed E-state index contributed by atoms with van der Waals surface area (Å²) in [5, 5.41) is 4.58. The lowest BCUT2D eigenvalue weighted by Crippen LogP contribution is -2.37. The topological polar surface area (TPSA) is 21.3 Å². The molecule has 1 aliphatic carbocycles. The maximum atomic E-state index is 5.18. The molecule has 2 atom stereocenters. The first-order chi connectivity index (χ1) is 7.26. The first-order valence-electron chi connectivity index (χ1n) is 6.10. The molecule has 2 aliphatic rings. The zero-order chi connectivity index (χ0) is 10.7. The van der Waals surface area contributed by atoms with E-state index in [1.807, 2.05) is 0 Å². The summed E-state index contributed by atoms with van der Waals surface area (Å²) in [5.74, 6) is 1.34. The van der Waals surface area contributed by atoms with Crippen LogP contribution >= 0.6 is 11.8 Å². The molecule has 2 fully saturated rings. The van der Waals surface area contributed by atoms with Crippen molar-refractivity contribution in [1.82, 2.24) is 5.32 Å². The Hall–Kier alpha value is 0.270. The van der Waals surface area contributed by atoms with Gasteiger partial charge in [-0.15, -0.1) is 0 Å². The third-order valence-corrected chi connectivity index (χ3v) is 5.23. The van der Waals surface area contributed by atoms with Gasteiger partial charge in [0.15, 0.2) is 0 Å². The summed E-state index contributed by atoms with van der Waals surface area (Å²) in [5.41, 5.74) is 0.600. The minimum absolute atomic E-state index is 0.600. The van der Waals surface area contributed by atoms with Gasteiger partial charge in [0.1, 0.15) is 0 Å². The summed E-state index contributed by atoms with van der Waals surface area (Å²) in [6.07, 6.45) is 5.39. The van der Waals surface area contributed by atoms with Crippen LogP contribution in [0.1, 0.15) is 32.6 Å². The number of methoxy groups -OCH3 is 1. The second-order valence-corrected chi connectivity index (χ2v) is 6.58. The van der Waals surface area contributed by atoms with Crippen LogP contribution < -0.4 is 5.32 Å². The van der Waals surface area contributed by atoms with E-state index in [1.54, 1.807) is 7.11 Å². The molecule has 2 unspecified atom stereocenters. The van der Waals surface area contributed by atoms with Crippen molar-refractivity contribution in [2.75, 3.05) is 26.0 Å². The first kappa shape index (κ1) is 11.7. The number of rotatable bonds is 6. The van der Waals surface area contributed by atoms with Gasteiger partial charge in [-0.3, -0.25) is 0 Å². The highest BCUT2D eigenvalue weighted by Crippen LogP contribution is 2.48. The molecule has 88 valence electrons. The molecular weight excluding hydrogens is 206 g/mol. The number of nitrogens with one attached hydrogen (secondary N) is 1. The van der Waals surface area contributed by atoms with Crippen molar-refractivity contribution in [2.24, 2.45) is 5.41 Å². The van der Waals surface area contributed by atoms with Crippen molar-refractivity contribution in [1.29, 1.82) is 0 Å². The number of hydrogen-bond acceptors (Lipinski definition) is 3. The summed E-state index contributed by atoms with van der Waals surface area (Å²) in [6.45, 7) is 4.49. The van der Waals surface area contributed by atoms with Crippen LogP contribution in [0, 0.1) is 5.41 Å². The van der Waals surface area contributed by atoms with Gasteiger partial charge in [-0.25, -0.2) is 0 Å². The number of hydrogen-bond donors (Lipinski definition) is 1. The lowest BCUT2D eigenvalue weighted by atomic mass is 10.0. The van der Waals surface area contributed by atoms with Crippen LogP contribution in [0.15, 0.2) is 0 Å². The fourth-order valence-electron chi connectivity index (χ4n) is 2.36. The third kappa shape index (κ3) is 3.11. The van der Waals surface area contributed by atoms with Gasteiger partial charge in [0, 0.05) is 31.6 Å². The molecule has 1 saturated heterocycles. The lowest BCUT2D eigenvalue weighted by Gasteiger charge is -2.21. The fraction of sp³-hybridized carbons (Fsp3) is 1.00. The van der Waals surface area contributed by atoms with E-state index in [9.17, 15) is 0 Å². The van der Waals surface area contributed by atoms with E-state index in [0.29, 0.717) is 5.41 Å². The second-order valence-electron chi connectivity index (χ2n) is 5.09.